The highest BCUT2D eigenvalue weighted by molar-refractivity contribution is 5.49. The molecule has 2 aromatic rings. The fourth-order valence-electron chi connectivity index (χ4n) is 7.52. The van der Waals surface area contributed by atoms with Crippen LogP contribution in [0, 0.1) is 5.92 Å². The monoisotopic (exact) mass is 460 g/mol. The van der Waals surface area contributed by atoms with E-state index in [1.807, 2.05) is 18.2 Å². The van der Waals surface area contributed by atoms with Crippen LogP contribution < -0.4 is 0 Å². The summed E-state index contributed by atoms with van der Waals surface area (Å²) in [6.45, 7) is 2.41. The van der Waals surface area contributed by atoms with E-state index in [-0.39, 0.29) is 5.41 Å². The second-order valence-corrected chi connectivity index (χ2v) is 12.0. The molecule has 2 N–H and O–H groups in total. The first-order chi connectivity index (χ1) is 16.5. The Morgan fingerprint density at radius 2 is 1.24 bits per heavy atom. The van der Waals surface area contributed by atoms with Gasteiger partial charge >= 0.3 is 0 Å². The first-order valence-corrected chi connectivity index (χ1v) is 14.2. The molecule has 34 heavy (non-hydrogen) atoms. The minimum absolute atomic E-state index is 0.221. The lowest BCUT2D eigenvalue weighted by atomic mass is 9.66. The van der Waals surface area contributed by atoms with Gasteiger partial charge in [0.1, 0.15) is 11.5 Å². The molecule has 0 aromatic heterocycles. The zero-order valence-electron chi connectivity index (χ0n) is 21.2. The number of rotatable bonds is 5. The quantitative estimate of drug-likeness (QED) is 0.467. The molecule has 2 aromatic carbocycles. The summed E-state index contributed by atoms with van der Waals surface area (Å²) in [6, 6.07) is 12.2. The van der Waals surface area contributed by atoms with Crippen LogP contribution in [0.4, 0.5) is 0 Å². The number of hydrogen-bond acceptors (Lipinski definition) is 2. The van der Waals surface area contributed by atoms with Gasteiger partial charge in [-0.05, 0) is 116 Å². The summed E-state index contributed by atoms with van der Waals surface area (Å²) in [5.41, 5.74) is 6.09. The number of hydrogen-bond donors (Lipinski definition) is 2. The van der Waals surface area contributed by atoms with E-state index in [0.717, 1.165) is 5.92 Å². The standard InChI is InChI=1S/C32H44O2/c1-32(27-13-15-28(33)16-14-27)20-18-23(19-21-32)22-26-12-17-29(34)31(25-10-6-3-7-11-25)30(26)24-8-4-2-5-9-24/h12-17,23-25,33-34H,2-11,18-22H2,1H3. The predicted octanol–water partition coefficient (Wildman–Crippen LogP) is 8.88. The van der Waals surface area contributed by atoms with Gasteiger partial charge in [0.15, 0.2) is 0 Å². The van der Waals surface area contributed by atoms with Crippen molar-refractivity contribution in [1.82, 2.24) is 0 Å². The second kappa shape index (κ2) is 10.3. The number of phenolic OH excluding ortho intramolecular Hbond substituents is 2. The third-order valence-electron chi connectivity index (χ3n) is 9.66. The molecule has 0 unspecified atom stereocenters. The summed E-state index contributed by atoms with van der Waals surface area (Å²) in [7, 11) is 0. The minimum atomic E-state index is 0.221. The molecule has 0 aliphatic heterocycles. The number of phenols is 2. The van der Waals surface area contributed by atoms with E-state index in [1.54, 1.807) is 11.1 Å². The highest BCUT2D eigenvalue weighted by atomic mass is 16.3. The lowest BCUT2D eigenvalue weighted by molar-refractivity contribution is 0.246. The molecule has 3 saturated carbocycles. The summed E-state index contributed by atoms with van der Waals surface area (Å²) >= 11 is 0. The molecule has 0 amide bonds. The Morgan fingerprint density at radius 3 is 1.82 bits per heavy atom. The maximum Gasteiger partial charge on any atom is 0.119 e. The fourth-order valence-corrected chi connectivity index (χ4v) is 7.52. The van der Waals surface area contributed by atoms with Crippen molar-refractivity contribution < 1.29 is 10.2 Å². The average Bonchev–Trinajstić information content (AvgIpc) is 2.87. The van der Waals surface area contributed by atoms with Crippen molar-refractivity contribution in [1.29, 1.82) is 0 Å². The number of benzene rings is 2. The molecular weight excluding hydrogens is 416 g/mol. The molecule has 3 aliphatic rings. The Morgan fingerprint density at radius 1 is 0.676 bits per heavy atom. The molecule has 3 fully saturated rings. The molecule has 3 aliphatic carbocycles. The van der Waals surface area contributed by atoms with Gasteiger partial charge in [-0.2, -0.15) is 0 Å². The summed E-state index contributed by atoms with van der Waals surface area (Å²) in [6.07, 6.45) is 19.3. The van der Waals surface area contributed by atoms with Gasteiger partial charge in [0.2, 0.25) is 0 Å². The van der Waals surface area contributed by atoms with Gasteiger partial charge in [-0.25, -0.2) is 0 Å². The van der Waals surface area contributed by atoms with Crippen molar-refractivity contribution in [3.8, 4) is 11.5 Å². The average molecular weight is 461 g/mol. The van der Waals surface area contributed by atoms with Crippen molar-refractivity contribution in [2.24, 2.45) is 5.92 Å². The van der Waals surface area contributed by atoms with Crippen LogP contribution in [0.15, 0.2) is 36.4 Å². The predicted molar refractivity (Wildman–Crippen MR) is 141 cm³/mol. The van der Waals surface area contributed by atoms with E-state index in [2.05, 4.69) is 25.1 Å². The molecule has 0 spiro atoms. The van der Waals surface area contributed by atoms with Gasteiger partial charge in [-0.3, -0.25) is 0 Å². The van der Waals surface area contributed by atoms with Gasteiger partial charge < -0.3 is 10.2 Å². The van der Waals surface area contributed by atoms with Gasteiger partial charge in [-0.15, -0.1) is 0 Å². The second-order valence-electron chi connectivity index (χ2n) is 12.0. The Labute approximate surface area is 206 Å². The largest absolute Gasteiger partial charge is 0.508 e. The molecule has 2 heteroatoms. The van der Waals surface area contributed by atoms with Crippen LogP contribution in [0.25, 0.3) is 0 Å². The summed E-state index contributed by atoms with van der Waals surface area (Å²) < 4.78 is 0. The van der Waals surface area contributed by atoms with Crippen LogP contribution in [0.3, 0.4) is 0 Å². The Bertz CT molecular complexity index is 940. The molecule has 0 heterocycles. The van der Waals surface area contributed by atoms with Crippen LogP contribution in [0.1, 0.15) is 131 Å². The first kappa shape index (κ1) is 23.8. The highest BCUT2D eigenvalue weighted by Gasteiger charge is 2.34. The van der Waals surface area contributed by atoms with Gasteiger partial charge in [0.25, 0.3) is 0 Å². The van der Waals surface area contributed by atoms with Crippen LogP contribution in [0.5, 0.6) is 11.5 Å². The van der Waals surface area contributed by atoms with E-state index >= 15 is 0 Å². The molecular formula is C32H44O2. The maximum atomic E-state index is 11.1. The van der Waals surface area contributed by atoms with Crippen LogP contribution in [0.2, 0.25) is 0 Å². The van der Waals surface area contributed by atoms with Gasteiger partial charge in [-0.1, -0.05) is 63.6 Å². The Hall–Kier alpha value is -1.96. The van der Waals surface area contributed by atoms with Crippen LogP contribution >= 0.6 is 0 Å². The first-order valence-electron chi connectivity index (χ1n) is 14.2. The zero-order chi connectivity index (χ0) is 23.5. The Kier molecular flexibility index (Phi) is 7.23. The molecule has 0 bridgehead atoms. The lowest BCUT2D eigenvalue weighted by Gasteiger charge is -2.39. The topological polar surface area (TPSA) is 40.5 Å². The van der Waals surface area contributed by atoms with E-state index in [1.165, 1.54) is 107 Å². The highest BCUT2D eigenvalue weighted by Crippen LogP contribution is 2.48. The van der Waals surface area contributed by atoms with Crippen LogP contribution in [-0.4, -0.2) is 10.2 Å². The van der Waals surface area contributed by atoms with Crippen molar-refractivity contribution in [3.05, 3.63) is 58.7 Å². The summed E-state index contributed by atoms with van der Waals surface area (Å²) in [4.78, 5) is 0. The third kappa shape index (κ3) is 5.02. The van der Waals surface area contributed by atoms with E-state index in [9.17, 15) is 10.2 Å². The lowest BCUT2D eigenvalue weighted by Crippen LogP contribution is -2.29. The molecule has 0 radical (unpaired) electrons. The SMILES string of the molecule is CC1(c2ccc(O)cc2)CCC(Cc2ccc(O)c(C3CCCCC3)c2C2CCCCC2)CC1. The van der Waals surface area contributed by atoms with Crippen molar-refractivity contribution >= 4 is 0 Å². The van der Waals surface area contributed by atoms with Crippen molar-refractivity contribution in [2.75, 3.05) is 0 Å². The van der Waals surface area contributed by atoms with E-state index in [0.29, 0.717) is 23.3 Å². The molecule has 5 rings (SSSR count). The van der Waals surface area contributed by atoms with E-state index < -0.39 is 0 Å². The molecule has 0 atom stereocenters. The molecule has 2 nitrogen and oxygen atoms in total. The van der Waals surface area contributed by atoms with Gasteiger partial charge in [0, 0.05) is 5.56 Å². The van der Waals surface area contributed by atoms with Crippen LogP contribution in [-0.2, 0) is 11.8 Å². The third-order valence-corrected chi connectivity index (χ3v) is 9.66. The molecule has 184 valence electrons. The normalized spacial score (nSPS) is 27.0. The summed E-state index contributed by atoms with van der Waals surface area (Å²) in [5, 5.41) is 20.8. The van der Waals surface area contributed by atoms with Crippen molar-refractivity contribution in [3.63, 3.8) is 0 Å². The van der Waals surface area contributed by atoms with Gasteiger partial charge in [0.05, 0.1) is 0 Å². The van der Waals surface area contributed by atoms with E-state index in [4.69, 9.17) is 0 Å². The van der Waals surface area contributed by atoms with Crippen molar-refractivity contribution in [2.45, 2.75) is 120 Å². The maximum absolute atomic E-state index is 11.1. The fraction of sp³-hybridized carbons (Fsp3) is 0.625. The Balaban J connectivity index is 1.37. The minimum Gasteiger partial charge on any atom is -0.508 e. The smallest absolute Gasteiger partial charge is 0.119 e. The zero-order valence-corrected chi connectivity index (χ0v) is 21.2. The number of aromatic hydroxyl groups is 2. The molecule has 0 saturated heterocycles. The summed E-state index contributed by atoms with van der Waals surface area (Å²) in [5.74, 6) is 2.89.